The van der Waals surface area contributed by atoms with Crippen LogP contribution in [0.4, 0.5) is 5.82 Å². The molecule has 0 saturated carbocycles. The predicted octanol–water partition coefficient (Wildman–Crippen LogP) is 1.26. The van der Waals surface area contributed by atoms with Gasteiger partial charge in [0, 0.05) is 37.3 Å². The Morgan fingerprint density at radius 3 is 2.86 bits per heavy atom. The second-order valence-electron chi connectivity index (χ2n) is 7.26. The molecular formula is C20H23N5O4. The van der Waals surface area contributed by atoms with Gasteiger partial charge in [0.15, 0.2) is 11.9 Å². The van der Waals surface area contributed by atoms with Crippen molar-refractivity contribution in [2.24, 2.45) is 7.05 Å². The second kappa shape index (κ2) is 7.75. The van der Waals surface area contributed by atoms with Crippen molar-refractivity contribution in [2.75, 3.05) is 18.5 Å². The molecular weight excluding hydrogens is 374 g/mol. The molecule has 152 valence electrons. The number of hydrogen-bond acceptors (Lipinski definition) is 6. The SMILES string of the molecule is CCN1C(=O)CO[C@H](C(=O)Nc2ccc3c(n2)CCCC3=O)[C@H]1c1cnn(C)c1. The van der Waals surface area contributed by atoms with Crippen LogP contribution in [0.1, 0.15) is 47.4 Å². The summed E-state index contributed by atoms with van der Waals surface area (Å²) in [5.74, 6) is -0.104. The average molecular weight is 397 g/mol. The second-order valence-corrected chi connectivity index (χ2v) is 7.26. The van der Waals surface area contributed by atoms with Gasteiger partial charge >= 0.3 is 0 Å². The maximum atomic E-state index is 13.1. The van der Waals surface area contributed by atoms with E-state index in [1.807, 2.05) is 6.92 Å². The van der Waals surface area contributed by atoms with Crippen LogP contribution < -0.4 is 5.32 Å². The first-order valence-electron chi connectivity index (χ1n) is 9.71. The van der Waals surface area contributed by atoms with Crippen molar-refractivity contribution in [3.05, 3.63) is 41.3 Å². The van der Waals surface area contributed by atoms with Crippen LogP contribution in [-0.4, -0.2) is 56.5 Å². The summed E-state index contributed by atoms with van der Waals surface area (Å²) < 4.78 is 7.26. The smallest absolute Gasteiger partial charge is 0.257 e. The first kappa shape index (κ1) is 19.3. The van der Waals surface area contributed by atoms with E-state index in [1.165, 1.54) is 0 Å². The largest absolute Gasteiger partial charge is 0.356 e. The molecule has 0 aromatic carbocycles. The van der Waals surface area contributed by atoms with E-state index in [0.717, 1.165) is 12.0 Å². The molecule has 3 heterocycles. The lowest BCUT2D eigenvalue weighted by Gasteiger charge is -2.39. The number of ether oxygens (including phenoxy) is 1. The molecule has 1 N–H and O–H groups in total. The van der Waals surface area contributed by atoms with Crippen molar-refractivity contribution in [3.63, 3.8) is 0 Å². The van der Waals surface area contributed by atoms with E-state index in [0.29, 0.717) is 36.5 Å². The van der Waals surface area contributed by atoms with E-state index in [1.54, 1.807) is 41.2 Å². The van der Waals surface area contributed by atoms with Crippen LogP contribution in [0.2, 0.25) is 0 Å². The van der Waals surface area contributed by atoms with Gasteiger partial charge in [-0.1, -0.05) is 0 Å². The van der Waals surface area contributed by atoms with Gasteiger partial charge in [-0.15, -0.1) is 0 Å². The number of aromatic nitrogens is 3. The summed E-state index contributed by atoms with van der Waals surface area (Å²) in [6, 6.07) is 2.76. The number of nitrogens with one attached hydrogen (secondary N) is 1. The monoisotopic (exact) mass is 397 g/mol. The number of fused-ring (bicyclic) bond motifs is 1. The van der Waals surface area contributed by atoms with Crippen LogP contribution in [0, 0.1) is 0 Å². The van der Waals surface area contributed by atoms with E-state index >= 15 is 0 Å². The molecule has 0 spiro atoms. The van der Waals surface area contributed by atoms with Crippen LogP contribution in [0.25, 0.3) is 0 Å². The number of Topliss-reactive ketones (excluding diaryl/α,β-unsaturated/α-hetero) is 1. The maximum Gasteiger partial charge on any atom is 0.257 e. The number of carbonyl (C=O) groups is 3. The molecule has 1 aliphatic heterocycles. The van der Waals surface area contributed by atoms with Crippen LogP contribution in [0.3, 0.4) is 0 Å². The Hall–Kier alpha value is -3.07. The zero-order valence-electron chi connectivity index (χ0n) is 16.4. The minimum absolute atomic E-state index is 0.0842. The molecule has 0 bridgehead atoms. The Morgan fingerprint density at radius 1 is 1.31 bits per heavy atom. The molecule has 2 aliphatic rings. The standard InChI is InChI=1S/C20H23N5O4/c1-3-25-17(27)11-29-19(18(25)12-9-21-24(2)10-12)20(28)23-16-8-7-13-14(22-16)5-4-6-15(13)26/h7-10,18-19H,3-6,11H2,1-2H3,(H,22,23,28)/t18-,19+/m1/s1. The van der Waals surface area contributed by atoms with E-state index in [9.17, 15) is 14.4 Å². The zero-order chi connectivity index (χ0) is 20.5. The quantitative estimate of drug-likeness (QED) is 0.833. The Morgan fingerprint density at radius 2 is 2.14 bits per heavy atom. The first-order chi connectivity index (χ1) is 14.0. The molecule has 2 atom stereocenters. The van der Waals surface area contributed by atoms with Gasteiger partial charge in [-0.25, -0.2) is 4.98 Å². The fourth-order valence-corrected chi connectivity index (χ4v) is 3.96. The molecule has 2 aromatic rings. The summed E-state index contributed by atoms with van der Waals surface area (Å²) in [6.45, 7) is 2.16. The third-order valence-corrected chi connectivity index (χ3v) is 5.34. The molecule has 2 amide bonds. The third kappa shape index (κ3) is 3.65. The molecule has 1 aliphatic carbocycles. The van der Waals surface area contributed by atoms with Crippen molar-refractivity contribution >= 4 is 23.4 Å². The molecule has 9 heteroatoms. The molecule has 2 aromatic heterocycles. The number of amides is 2. The van der Waals surface area contributed by atoms with Crippen molar-refractivity contribution in [2.45, 2.75) is 38.3 Å². The highest BCUT2D eigenvalue weighted by atomic mass is 16.5. The number of rotatable bonds is 4. The van der Waals surface area contributed by atoms with E-state index < -0.39 is 12.1 Å². The highest BCUT2D eigenvalue weighted by molar-refractivity contribution is 5.99. The summed E-state index contributed by atoms with van der Waals surface area (Å²) in [6.07, 6.45) is 4.52. The lowest BCUT2D eigenvalue weighted by Crippen LogP contribution is -2.53. The first-order valence-corrected chi connectivity index (χ1v) is 9.71. The number of likely N-dealkylation sites (N-methyl/N-ethyl adjacent to an activating group) is 1. The number of nitrogens with zero attached hydrogens (tertiary/aromatic N) is 4. The third-order valence-electron chi connectivity index (χ3n) is 5.34. The number of ketones is 1. The van der Waals surface area contributed by atoms with Gasteiger partial charge in [-0.3, -0.25) is 19.1 Å². The topological polar surface area (TPSA) is 106 Å². The molecule has 0 radical (unpaired) electrons. The lowest BCUT2D eigenvalue weighted by molar-refractivity contribution is -0.162. The average Bonchev–Trinajstić information content (AvgIpc) is 3.13. The predicted molar refractivity (Wildman–Crippen MR) is 103 cm³/mol. The van der Waals surface area contributed by atoms with Gasteiger partial charge in [-0.05, 0) is 31.9 Å². The van der Waals surface area contributed by atoms with Crippen LogP contribution in [0.5, 0.6) is 0 Å². The zero-order valence-corrected chi connectivity index (χ0v) is 16.4. The fraction of sp³-hybridized carbons (Fsp3) is 0.450. The lowest BCUT2D eigenvalue weighted by atomic mass is 9.95. The highest BCUT2D eigenvalue weighted by Gasteiger charge is 2.42. The van der Waals surface area contributed by atoms with Crippen LogP contribution in [-0.2, 0) is 27.8 Å². The number of pyridine rings is 1. The van der Waals surface area contributed by atoms with Gasteiger partial charge in [0.2, 0.25) is 5.91 Å². The number of anilines is 1. The van der Waals surface area contributed by atoms with Gasteiger partial charge in [-0.2, -0.15) is 5.10 Å². The van der Waals surface area contributed by atoms with Crippen LogP contribution >= 0.6 is 0 Å². The van der Waals surface area contributed by atoms with E-state index in [2.05, 4.69) is 15.4 Å². The van der Waals surface area contributed by atoms with E-state index in [-0.39, 0.29) is 24.2 Å². The normalized spacial score (nSPS) is 21.8. The summed E-state index contributed by atoms with van der Waals surface area (Å²) in [5, 5.41) is 6.96. The molecule has 1 fully saturated rings. The number of hydrogen-bond donors (Lipinski definition) is 1. The fourth-order valence-electron chi connectivity index (χ4n) is 3.96. The Balaban J connectivity index is 1.59. The summed E-state index contributed by atoms with van der Waals surface area (Å²) >= 11 is 0. The highest BCUT2D eigenvalue weighted by Crippen LogP contribution is 2.31. The van der Waals surface area contributed by atoms with Gasteiger partial charge in [0.25, 0.3) is 5.91 Å². The molecule has 1 saturated heterocycles. The molecule has 29 heavy (non-hydrogen) atoms. The van der Waals surface area contributed by atoms with Crippen molar-refractivity contribution in [3.8, 4) is 0 Å². The Kier molecular flexibility index (Phi) is 5.14. The molecule has 9 nitrogen and oxygen atoms in total. The minimum Gasteiger partial charge on any atom is -0.356 e. The summed E-state index contributed by atoms with van der Waals surface area (Å²) in [7, 11) is 1.78. The summed E-state index contributed by atoms with van der Waals surface area (Å²) in [5.41, 5.74) is 2.06. The minimum atomic E-state index is -0.892. The van der Waals surface area contributed by atoms with Crippen molar-refractivity contribution in [1.82, 2.24) is 19.7 Å². The number of aryl methyl sites for hydroxylation is 2. The van der Waals surface area contributed by atoms with Crippen LogP contribution in [0.15, 0.2) is 24.5 Å². The van der Waals surface area contributed by atoms with E-state index in [4.69, 9.17) is 4.74 Å². The Labute approximate surface area is 168 Å². The van der Waals surface area contributed by atoms with Gasteiger partial charge in [0.1, 0.15) is 12.4 Å². The number of carbonyl (C=O) groups excluding carboxylic acids is 3. The number of morpholine rings is 1. The van der Waals surface area contributed by atoms with Crippen molar-refractivity contribution in [1.29, 1.82) is 0 Å². The Bertz CT molecular complexity index is 970. The molecule has 0 unspecified atom stereocenters. The maximum absolute atomic E-state index is 13.1. The van der Waals surface area contributed by atoms with Crippen molar-refractivity contribution < 1.29 is 19.1 Å². The summed E-state index contributed by atoms with van der Waals surface area (Å²) in [4.78, 5) is 43.4. The molecule has 4 rings (SSSR count). The van der Waals surface area contributed by atoms with Gasteiger partial charge < -0.3 is 15.0 Å². The van der Waals surface area contributed by atoms with Gasteiger partial charge in [0.05, 0.1) is 17.9 Å².